The second-order valence-electron chi connectivity index (χ2n) is 6.22. The summed E-state index contributed by atoms with van der Waals surface area (Å²) in [6.07, 6.45) is 4.72. The fourth-order valence-corrected chi connectivity index (χ4v) is 3.92. The molecule has 1 N–H and O–H groups in total. The van der Waals surface area contributed by atoms with Crippen molar-refractivity contribution >= 4 is 40.0 Å². The van der Waals surface area contributed by atoms with Crippen LogP contribution >= 0.6 is 11.3 Å². The molecule has 1 saturated heterocycles. The van der Waals surface area contributed by atoms with Gasteiger partial charge in [-0.15, -0.1) is 11.3 Å². The van der Waals surface area contributed by atoms with Gasteiger partial charge in [-0.2, -0.15) is 5.26 Å². The normalized spacial score (nSPS) is 20.9. The highest BCUT2D eigenvalue weighted by atomic mass is 32.1. The lowest BCUT2D eigenvalue weighted by Crippen LogP contribution is -2.33. The van der Waals surface area contributed by atoms with E-state index in [0.29, 0.717) is 23.4 Å². The van der Waals surface area contributed by atoms with E-state index in [9.17, 15) is 19.2 Å². The van der Waals surface area contributed by atoms with Crippen LogP contribution < -0.4 is 5.32 Å². The molecule has 1 aliphatic carbocycles. The largest absolute Gasteiger partial charge is 0.456 e. The number of hydrogen-bond donors (Lipinski definition) is 1. The summed E-state index contributed by atoms with van der Waals surface area (Å²) in [6.45, 7) is -0.548. The highest BCUT2D eigenvalue weighted by Crippen LogP contribution is 2.35. The molecule has 1 aromatic rings. The second kappa shape index (κ2) is 8.14. The number of anilines is 1. The van der Waals surface area contributed by atoms with Gasteiger partial charge in [0.2, 0.25) is 11.8 Å². The van der Waals surface area contributed by atoms with Gasteiger partial charge >= 0.3 is 5.97 Å². The van der Waals surface area contributed by atoms with Crippen molar-refractivity contribution in [1.82, 2.24) is 4.90 Å². The highest BCUT2D eigenvalue weighted by molar-refractivity contribution is 7.14. The number of ether oxygens (including phenoxy) is 1. The minimum Gasteiger partial charge on any atom is -0.456 e. The number of hydrogen-bond acceptors (Lipinski definition) is 7. The van der Waals surface area contributed by atoms with Gasteiger partial charge < -0.3 is 10.1 Å². The van der Waals surface area contributed by atoms with Crippen LogP contribution in [0, 0.1) is 23.2 Å². The molecule has 0 saturated carbocycles. The van der Waals surface area contributed by atoms with Gasteiger partial charge in [0.25, 0.3) is 5.91 Å². The first-order valence-corrected chi connectivity index (χ1v) is 9.32. The fourth-order valence-electron chi connectivity index (χ4n) is 3.17. The monoisotopic (exact) mass is 387 g/mol. The van der Waals surface area contributed by atoms with Crippen LogP contribution in [0.2, 0.25) is 0 Å². The van der Waals surface area contributed by atoms with Gasteiger partial charge in [0.15, 0.2) is 6.61 Å². The first-order valence-electron chi connectivity index (χ1n) is 8.44. The van der Waals surface area contributed by atoms with Crippen LogP contribution in [0.25, 0.3) is 0 Å². The topological polar surface area (TPSA) is 117 Å². The molecule has 2 heterocycles. The van der Waals surface area contributed by atoms with E-state index in [0.717, 1.165) is 4.90 Å². The van der Waals surface area contributed by atoms with E-state index in [4.69, 9.17) is 10.00 Å². The first-order chi connectivity index (χ1) is 13.0. The number of imide groups is 1. The number of allylic oxidation sites excluding steroid dienone is 2. The van der Waals surface area contributed by atoms with Gasteiger partial charge in [-0.3, -0.25) is 24.1 Å². The van der Waals surface area contributed by atoms with Crippen molar-refractivity contribution in [3.05, 3.63) is 29.2 Å². The van der Waals surface area contributed by atoms with Crippen molar-refractivity contribution in [1.29, 1.82) is 5.26 Å². The maximum Gasteiger partial charge on any atom is 0.308 e. The Bertz CT molecular complexity index is 827. The minimum absolute atomic E-state index is 0.0470. The molecular weight excluding hydrogens is 370 g/mol. The third-order valence-corrected chi connectivity index (χ3v) is 5.37. The molecule has 9 heteroatoms. The van der Waals surface area contributed by atoms with Crippen LogP contribution in [0.3, 0.4) is 0 Å². The summed E-state index contributed by atoms with van der Waals surface area (Å²) in [5, 5.41) is 13.4. The summed E-state index contributed by atoms with van der Waals surface area (Å²) in [4.78, 5) is 49.4. The number of nitrogens with one attached hydrogen (secondary N) is 1. The number of carbonyl (C=O) groups is 4. The number of thiophene rings is 1. The highest BCUT2D eigenvalue weighted by Gasteiger charge is 2.46. The number of amides is 3. The Balaban J connectivity index is 1.43. The molecule has 2 atom stereocenters. The van der Waals surface area contributed by atoms with Crippen LogP contribution in [0.5, 0.6) is 0 Å². The maximum absolute atomic E-state index is 12.3. The summed E-state index contributed by atoms with van der Waals surface area (Å²) in [6, 6.07) is 3.51. The number of esters is 1. The molecule has 27 heavy (non-hydrogen) atoms. The zero-order valence-electron chi connectivity index (χ0n) is 14.3. The Morgan fingerprint density at radius 1 is 1.26 bits per heavy atom. The lowest BCUT2D eigenvalue weighted by atomic mass is 9.85. The van der Waals surface area contributed by atoms with Crippen LogP contribution in [0.1, 0.15) is 24.8 Å². The average molecular weight is 387 g/mol. The third-order valence-electron chi connectivity index (χ3n) is 4.54. The molecule has 0 radical (unpaired) electrons. The third kappa shape index (κ3) is 4.06. The van der Waals surface area contributed by atoms with Gasteiger partial charge in [-0.05, 0) is 24.3 Å². The van der Waals surface area contributed by atoms with Crippen molar-refractivity contribution in [2.24, 2.45) is 11.8 Å². The van der Waals surface area contributed by atoms with E-state index in [2.05, 4.69) is 5.32 Å². The number of carbonyl (C=O) groups excluding carboxylic acids is 4. The molecule has 140 valence electrons. The zero-order chi connectivity index (χ0) is 19.4. The maximum atomic E-state index is 12.3. The molecule has 0 unspecified atom stereocenters. The average Bonchev–Trinajstić information content (AvgIpc) is 3.21. The predicted octanol–water partition coefficient (Wildman–Crippen LogP) is 1.44. The lowest BCUT2D eigenvalue weighted by molar-refractivity contribution is -0.148. The molecule has 2 aliphatic rings. The quantitative estimate of drug-likeness (QED) is 0.448. The van der Waals surface area contributed by atoms with Crippen LogP contribution in [-0.2, 0) is 23.9 Å². The Morgan fingerprint density at radius 3 is 2.56 bits per heavy atom. The van der Waals surface area contributed by atoms with Crippen molar-refractivity contribution in [2.45, 2.75) is 19.3 Å². The molecule has 0 spiro atoms. The SMILES string of the molecule is N#Cc1ccsc1NC(=O)COC(=O)CCN1C(=O)[C@@H]2CC=CC[C@H]2C1=O. The molecular formula is C18H17N3O5S. The summed E-state index contributed by atoms with van der Waals surface area (Å²) in [7, 11) is 0. The van der Waals surface area contributed by atoms with E-state index in [1.807, 2.05) is 18.2 Å². The Kier molecular flexibility index (Phi) is 5.66. The number of nitrogens with zero attached hydrogens (tertiary/aromatic N) is 2. The van der Waals surface area contributed by atoms with Crippen molar-refractivity contribution in [2.75, 3.05) is 18.5 Å². The van der Waals surface area contributed by atoms with Crippen LogP contribution in [-0.4, -0.2) is 41.7 Å². The molecule has 0 bridgehead atoms. The minimum atomic E-state index is -0.676. The Hall–Kier alpha value is -2.99. The van der Waals surface area contributed by atoms with Gasteiger partial charge in [-0.25, -0.2) is 0 Å². The molecule has 3 rings (SSSR count). The number of likely N-dealkylation sites (tertiary alicyclic amines) is 1. The van der Waals surface area contributed by atoms with Gasteiger partial charge in [0.05, 0.1) is 23.8 Å². The number of nitriles is 1. The van der Waals surface area contributed by atoms with Gasteiger partial charge in [0.1, 0.15) is 11.1 Å². The van der Waals surface area contributed by atoms with Crippen molar-refractivity contribution in [3.8, 4) is 6.07 Å². The summed E-state index contributed by atoms with van der Waals surface area (Å²) in [5.41, 5.74) is 0.335. The number of fused-ring (bicyclic) bond motifs is 1. The molecule has 0 aromatic carbocycles. The van der Waals surface area contributed by atoms with Crippen LogP contribution in [0.15, 0.2) is 23.6 Å². The van der Waals surface area contributed by atoms with Crippen molar-refractivity contribution < 1.29 is 23.9 Å². The standard InChI is InChI=1S/C18H17N3O5S/c19-9-11-6-8-27-16(11)20-14(22)10-26-15(23)5-7-21-17(24)12-3-1-2-4-13(12)18(21)25/h1-2,6,8,12-13H,3-5,7,10H2,(H,20,22)/t12-,13-/m1/s1. The van der Waals surface area contributed by atoms with E-state index < -0.39 is 18.5 Å². The van der Waals surface area contributed by atoms with E-state index >= 15 is 0 Å². The second-order valence-corrected chi connectivity index (χ2v) is 7.13. The fraction of sp³-hybridized carbons (Fsp3) is 0.389. The molecule has 1 fully saturated rings. The molecule has 1 aliphatic heterocycles. The zero-order valence-corrected chi connectivity index (χ0v) is 15.2. The first kappa shape index (κ1) is 18.8. The smallest absolute Gasteiger partial charge is 0.308 e. The summed E-state index contributed by atoms with van der Waals surface area (Å²) >= 11 is 1.19. The van der Waals surface area contributed by atoms with Crippen molar-refractivity contribution in [3.63, 3.8) is 0 Å². The summed E-state index contributed by atoms with van der Waals surface area (Å²) in [5.74, 6) is -2.39. The Labute approximate surface area is 159 Å². The summed E-state index contributed by atoms with van der Waals surface area (Å²) < 4.78 is 4.88. The molecule has 3 amide bonds. The molecule has 1 aromatic heterocycles. The van der Waals surface area contributed by atoms with E-state index in [1.165, 1.54) is 11.3 Å². The predicted molar refractivity (Wildman–Crippen MR) is 95.3 cm³/mol. The van der Waals surface area contributed by atoms with E-state index in [1.54, 1.807) is 11.4 Å². The van der Waals surface area contributed by atoms with E-state index in [-0.39, 0.29) is 36.6 Å². The molecule has 8 nitrogen and oxygen atoms in total. The Morgan fingerprint density at radius 2 is 1.93 bits per heavy atom. The van der Waals surface area contributed by atoms with Gasteiger partial charge in [0, 0.05) is 6.54 Å². The lowest BCUT2D eigenvalue weighted by Gasteiger charge is -2.14. The van der Waals surface area contributed by atoms with Gasteiger partial charge in [-0.1, -0.05) is 12.2 Å². The number of rotatable bonds is 6. The van der Waals surface area contributed by atoms with Crippen LogP contribution in [0.4, 0.5) is 5.00 Å².